The van der Waals surface area contributed by atoms with Crippen molar-refractivity contribution in [3.05, 3.63) is 54.1 Å². The Morgan fingerprint density at radius 3 is 2.59 bits per heavy atom. The number of ether oxygens (including phenoxy) is 1. The monoisotopic (exact) mass is 418 g/mol. The molecule has 1 fully saturated rings. The lowest BCUT2D eigenvalue weighted by Crippen LogP contribution is -2.45. The number of rotatable bonds is 8. The Hall–Kier alpha value is -2.62. The van der Waals surface area contributed by atoms with Gasteiger partial charge in [-0.05, 0) is 55.3 Å². The predicted molar refractivity (Wildman–Crippen MR) is 113 cm³/mol. The molecule has 0 aromatic heterocycles. The van der Waals surface area contributed by atoms with Crippen molar-refractivity contribution in [1.29, 1.82) is 0 Å². The number of hydrazine groups is 1. The van der Waals surface area contributed by atoms with Gasteiger partial charge in [0, 0.05) is 17.9 Å². The van der Waals surface area contributed by atoms with Gasteiger partial charge in [-0.3, -0.25) is 14.9 Å². The molecule has 3 rings (SSSR count). The van der Waals surface area contributed by atoms with Crippen LogP contribution in [0.2, 0.25) is 0 Å². The molecule has 1 amide bonds. The Bertz CT molecular complexity index is 947. The Balaban J connectivity index is 1.70. The van der Waals surface area contributed by atoms with Crippen LogP contribution in [0.15, 0.2) is 48.5 Å². The summed E-state index contributed by atoms with van der Waals surface area (Å²) in [5.41, 5.74) is 7.62. The van der Waals surface area contributed by atoms with E-state index in [2.05, 4.69) is 20.9 Å². The summed E-state index contributed by atoms with van der Waals surface area (Å²) in [5, 5.41) is 1.71. The smallest absolute Gasteiger partial charge is 0.250 e. The minimum atomic E-state index is -3.86. The first-order chi connectivity index (χ1) is 13.9. The van der Waals surface area contributed by atoms with Gasteiger partial charge >= 0.3 is 0 Å². The first kappa shape index (κ1) is 21.1. The molecule has 2 aromatic rings. The molecule has 2 aromatic carbocycles. The van der Waals surface area contributed by atoms with Crippen molar-refractivity contribution < 1.29 is 17.9 Å². The van der Waals surface area contributed by atoms with Crippen molar-refractivity contribution >= 4 is 27.3 Å². The zero-order chi connectivity index (χ0) is 20.9. The summed E-state index contributed by atoms with van der Waals surface area (Å²) < 4.78 is 33.6. The number of sulfonamides is 1. The molecule has 0 saturated carbocycles. The van der Waals surface area contributed by atoms with Crippen LogP contribution in [0.5, 0.6) is 5.75 Å². The van der Waals surface area contributed by atoms with Crippen molar-refractivity contribution in [1.82, 2.24) is 10.9 Å². The van der Waals surface area contributed by atoms with Crippen molar-refractivity contribution in [2.45, 2.75) is 25.6 Å². The number of amides is 1. The van der Waals surface area contributed by atoms with Gasteiger partial charge in [-0.25, -0.2) is 13.8 Å². The highest BCUT2D eigenvalue weighted by molar-refractivity contribution is 7.93. The third kappa shape index (κ3) is 5.26. The van der Waals surface area contributed by atoms with Gasteiger partial charge in [0.2, 0.25) is 5.91 Å². The second-order valence-electron chi connectivity index (χ2n) is 6.70. The molecule has 1 aliphatic rings. The number of carbonyl (C=O) groups excluding carboxylic acids is 1. The van der Waals surface area contributed by atoms with Crippen molar-refractivity contribution in [2.75, 3.05) is 23.2 Å². The summed E-state index contributed by atoms with van der Waals surface area (Å²) in [6.45, 7) is 4.63. The van der Waals surface area contributed by atoms with Crippen molar-refractivity contribution in [3.8, 4) is 5.75 Å². The maximum Gasteiger partial charge on any atom is 0.250 e. The molecule has 156 valence electrons. The normalized spacial score (nSPS) is 19.0. The van der Waals surface area contributed by atoms with Crippen LogP contribution in [-0.2, 0) is 21.2 Å². The maximum atomic E-state index is 12.9. The Morgan fingerprint density at radius 2 is 1.90 bits per heavy atom. The molecule has 0 spiro atoms. The van der Waals surface area contributed by atoms with E-state index in [4.69, 9.17) is 4.74 Å². The summed E-state index contributed by atoms with van der Waals surface area (Å²) in [5.74, 6) is -0.499. The zero-order valence-electron chi connectivity index (χ0n) is 16.4. The number of nitrogens with one attached hydrogen (secondary N) is 4. The lowest BCUT2D eigenvalue weighted by molar-refractivity contribution is -0.119. The van der Waals surface area contributed by atoms with Crippen LogP contribution < -0.4 is 25.6 Å². The topological polar surface area (TPSA) is 109 Å². The average molecular weight is 419 g/mol. The van der Waals surface area contributed by atoms with Gasteiger partial charge < -0.3 is 10.1 Å². The van der Waals surface area contributed by atoms with E-state index in [0.29, 0.717) is 23.7 Å². The summed E-state index contributed by atoms with van der Waals surface area (Å²) in [7, 11) is -3.86. The van der Waals surface area contributed by atoms with Crippen molar-refractivity contribution in [3.63, 3.8) is 0 Å². The largest absolute Gasteiger partial charge is 0.494 e. The fraction of sp³-hybridized carbons (Fsp3) is 0.350. The molecule has 9 heteroatoms. The molecule has 2 atom stereocenters. The first-order valence-electron chi connectivity index (χ1n) is 9.55. The Morgan fingerprint density at radius 1 is 1.14 bits per heavy atom. The van der Waals surface area contributed by atoms with Gasteiger partial charge in [0.1, 0.15) is 5.75 Å². The summed E-state index contributed by atoms with van der Waals surface area (Å²) >= 11 is 0. The summed E-state index contributed by atoms with van der Waals surface area (Å²) in [4.78, 5) is 12.7. The maximum absolute atomic E-state index is 12.9. The average Bonchev–Trinajstić information content (AvgIpc) is 3.21. The van der Waals surface area contributed by atoms with Crippen LogP contribution in [0, 0.1) is 5.92 Å². The van der Waals surface area contributed by atoms with Crippen LogP contribution in [0.25, 0.3) is 0 Å². The molecular weight excluding hydrogens is 392 g/mol. The van der Waals surface area contributed by atoms with E-state index in [1.54, 1.807) is 30.3 Å². The van der Waals surface area contributed by atoms with Crippen LogP contribution in [0.3, 0.4) is 0 Å². The molecule has 0 aliphatic carbocycles. The minimum absolute atomic E-state index is 0.203. The van der Waals surface area contributed by atoms with E-state index < -0.39 is 21.3 Å². The second kappa shape index (κ2) is 9.25. The molecule has 0 bridgehead atoms. The van der Waals surface area contributed by atoms with Gasteiger partial charge in [-0.1, -0.05) is 19.1 Å². The molecule has 2 unspecified atom stereocenters. The van der Waals surface area contributed by atoms with Crippen molar-refractivity contribution in [2.24, 2.45) is 5.92 Å². The van der Waals surface area contributed by atoms with E-state index in [0.717, 1.165) is 12.0 Å². The first-order valence-corrected chi connectivity index (χ1v) is 11.1. The number of hydrogen-bond donors (Lipinski definition) is 4. The summed E-state index contributed by atoms with van der Waals surface area (Å²) in [6.07, 6.45) is 0.846. The number of aryl methyl sites for hydroxylation is 1. The molecular formula is C20H26N4O4S. The van der Waals surface area contributed by atoms with Crippen LogP contribution in [0.4, 0.5) is 11.4 Å². The van der Waals surface area contributed by atoms with Gasteiger partial charge in [-0.2, -0.15) is 0 Å². The number of benzene rings is 2. The molecule has 0 radical (unpaired) electrons. The van der Waals surface area contributed by atoms with E-state index in [1.165, 1.54) is 0 Å². The number of anilines is 2. The standard InChI is InChI=1S/C20H26N4O4S/c1-3-14-6-5-7-16(12-14)22-19(25)18-13-21-23-20(18)29(26,27)24-15-8-10-17(11-9-15)28-4-2/h5-12,18,20-21,23-24H,3-4,13H2,1-2H3,(H,22,25). The Labute approximate surface area is 171 Å². The fourth-order valence-electron chi connectivity index (χ4n) is 3.12. The zero-order valence-corrected chi connectivity index (χ0v) is 17.3. The lowest BCUT2D eigenvalue weighted by atomic mass is 10.1. The third-order valence-electron chi connectivity index (χ3n) is 4.63. The van der Waals surface area contributed by atoms with Gasteiger partial charge in [0.25, 0.3) is 10.0 Å². The molecule has 1 saturated heterocycles. The third-order valence-corrected chi connectivity index (χ3v) is 6.27. The highest BCUT2D eigenvalue weighted by Crippen LogP contribution is 2.22. The van der Waals surface area contributed by atoms with Crippen LogP contribution in [0.1, 0.15) is 19.4 Å². The minimum Gasteiger partial charge on any atom is -0.494 e. The molecule has 8 nitrogen and oxygen atoms in total. The Kier molecular flexibility index (Phi) is 6.73. The van der Waals surface area contributed by atoms with Gasteiger partial charge in [0.05, 0.1) is 12.5 Å². The van der Waals surface area contributed by atoms with E-state index >= 15 is 0 Å². The SMILES string of the molecule is CCOc1ccc(NS(=O)(=O)C2NNCC2C(=O)Nc2cccc(CC)c2)cc1. The highest BCUT2D eigenvalue weighted by atomic mass is 32.2. The van der Waals surface area contributed by atoms with Gasteiger partial charge in [0.15, 0.2) is 5.37 Å². The quantitative estimate of drug-likeness (QED) is 0.523. The lowest BCUT2D eigenvalue weighted by Gasteiger charge is -2.20. The second-order valence-corrected chi connectivity index (χ2v) is 8.50. The van der Waals surface area contributed by atoms with Crippen LogP contribution >= 0.6 is 0 Å². The molecule has 4 N–H and O–H groups in total. The summed E-state index contributed by atoms with van der Waals surface area (Å²) in [6, 6.07) is 14.1. The van der Waals surface area contributed by atoms with E-state index in [9.17, 15) is 13.2 Å². The van der Waals surface area contributed by atoms with E-state index in [1.807, 2.05) is 32.0 Å². The molecule has 29 heavy (non-hydrogen) atoms. The van der Waals surface area contributed by atoms with Gasteiger partial charge in [-0.15, -0.1) is 0 Å². The predicted octanol–water partition coefficient (Wildman–Crippen LogP) is 2.08. The van der Waals surface area contributed by atoms with Crippen LogP contribution in [-0.4, -0.2) is 32.9 Å². The van der Waals surface area contributed by atoms with E-state index in [-0.39, 0.29) is 12.5 Å². The number of hydrogen-bond acceptors (Lipinski definition) is 6. The highest BCUT2D eigenvalue weighted by Gasteiger charge is 2.41. The number of carbonyl (C=O) groups is 1. The molecule has 1 heterocycles. The fourth-order valence-corrected chi connectivity index (χ4v) is 4.60. The molecule has 1 aliphatic heterocycles.